The fourth-order valence-electron chi connectivity index (χ4n) is 3.01. The molecule has 0 radical (unpaired) electrons. The third kappa shape index (κ3) is 4.40. The van der Waals surface area contributed by atoms with E-state index >= 15 is 0 Å². The number of methoxy groups -OCH3 is 1. The van der Waals surface area contributed by atoms with Crippen molar-refractivity contribution in [2.75, 3.05) is 11.8 Å². The number of hydrogen-bond donors (Lipinski definition) is 1. The van der Waals surface area contributed by atoms with E-state index in [1.54, 1.807) is 54.9 Å². The van der Waals surface area contributed by atoms with Crippen molar-refractivity contribution >= 4 is 15.7 Å². The molecule has 2 heterocycles. The van der Waals surface area contributed by atoms with Crippen LogP contribution in [0.1, 0.15) is 11.4 Å². The fraction of sp³-hybridized carbons (Fsp3) is 0.136. The van der Waals surface area contributed by atoms with Crippen molar-refractivity contribution in [1.82, 2.24) is 19.5 Å². The van der Waals surface area contributed by atoms with E-state index in [1.165, 1.54) is 19.5 Å². The number of anilines is 1. The largest absolute Gasteiger partial charge is 0.495 e. The molecule has 164 valence electrons. The number of imidazole rings is 1. The van der Waals surface area contributed by atoms with Gasteiger partial charge in [0.25, 0.3) is 10.0 Å². The van der Waals surface area contributed by atoms with Crippen LogP contribution in [0.4, 0.5) is 5.69 Å². The van der Waals surface area contributed by atoms with E-state index in [2.05, 4.69) is 19.7 Å². The van der Waals surface area contributed by atoms with Gasteiger partial charge in [-0.25, -0.2) is 23.4 Å². The molecule has 0 unspecified atom stereocenters. The molecule has 2 aromatic carbocycles. The highest BCUT2D eigenvalue weighted by molar-refractivity contribution is 7.92. The molecule has 2 aromatic heterocycles. The first kappa shape index (κ1) is 21.3. The Bertz CT molecular complexity index is 1350. The van der Waals surface area contributed by atoms with Crippen LogP contribution in [-0.2, 0) is 10.0 Å². The van der Waals surface area contributed by atoms with Crippen LogP contribution in [-0.4, -0.2) is 35.0 Å². The molecule has 0 amide bonds. The highest BCUT2D eigenvalue weighted by atomic mass is 32.2. The monoisotopic (exact) mass is 451 g/mol. The molecule has 9 nitrogen and oxygen atoms in total. The Labute approximate surface area is 185 Å². The van der Waals surface area contributed by atoms with Crippen LogP contribution in [0.15, 0.2) is 72.1 Å². The molecule has 0 fully saturated rings. The summed E-state index contributed by atoms with van der Waals surface area (Å²) in [6.45, 7) is 3.88. The molecule has 4 aromatic rings. The third-order valence-electron chi connectivity index (χ3n) is 4.81. The van der Waals surface area contributed by atoms with E-state index in [1.807, 2.05) is 18.4 Å². The van der Waals surface area contributed by atoms with Gasteiger partial charge in [-0.15, -0.1) is 0 Å². The molecule has 0 aliphatic heterocycles. The maximum atomic E-state index is 12.7. The summed E-state index contributed by atoms with van der Waals surface area (Å²) in [5.41, 5.74) is 2.27. The third-order valence-corrected chi connectivity index (χ3v) is 6.23. The van der Waals surface area contributed by atoms with E-state index in [9.17, 15) is 8.42 Å². The molecule has 1 N–H and O–H groups in total. The summed E-state index contributed by atoms with van der Waals surface area (Å²) in [5, 5.41) is 0. The summed E-state index contributed by atoms with van der Waals surface area (Å²) in [4.78, 5) is 12.7. The number of para-hydroxylation sites is 1. The molecular formula is C22H21N5O4S. The van der Waals surface area contributed by atoms with Gasteiger partial charge in [-0.3, -0.25) is 9.29 Å². The predicted octanol–water partition coefficient (Wildman–Crippen LogP) is 3.88. The summed E-state index contributed by atoms with van der Waals surface area (Å²) in [6.07, 6.45) is 3.11. The van der Waals surface area contributed by atoms with E-state index in [0.717, 1.165) is 11.4 Å². The van der Waals surface area contributed by atoms with Gasteiger partial charge in [-0.2, -0.15) is 0 Å². The van der Waals surface area contributed by atoms with Crippen molar-refractivity contribution in [3.05, 3.63) is 78.6 Å². The zero-order valence-electron chi connectivity index (χ0n) is 17.7. The maximum absolute atomic E-state index is 12.7. The minimum atomic E-state index is -3.81. The van der Waals surface area contributed by atoms with Crippen LogP contribution in [0.3, 0.4) is 0 Å². The van der Waals surface area contributed by atoms with Crippen molar-refractivity contribution in [3.63, 3.8) is 0 Å². The Kier molecular flexibility index (Phi) is 5.78. The van der Waals surface area contributed by atoms with Gasteiger partial charge in [0, 0.05) is 17.4 Å². The van der Waals surface area contributed by atoms with Gasteiger partial charge in [0.05, 0.1) is 12.8 Å². The van der Waals surface area contributed by atoms with Crippen LogP contribution in [0.5, 0.6) is 17.4 Å². The average Bonchev–Trinajstić information content (AvgIpc) is 3.13. The molecule has 0 bridgehead atoms. The number of hydrogen-bond acceptors (Lipinski definition) is 7. The lowest BCUT2D eigenvalue weighted by Crippen LogP contribution is -2.13. The van der Waals surface area contributed by atoms with Gasteiger partial charge in [0.15, 0.2) is 0 Å². The molecular weight excluding hydrogens is 430 g/mol. The SMILES string of the molecule is COc1ccccc1S(=O)(=O)Nc1ccc(Oc2cc(-n3cnc(C)c3C)ncn2)cc1. The molecule has 0 saturated carbocycles. The van der Waals surface area contributed by atoms with Crippen molar-refractivity contribution in [2.24, 2.45) is 0 Å². The van der Waals surface area contributed by atoms with Gasteiger partial charge in [-0.1, -0.05) is 12.1 Å². The van der Waals surface area contributed by atoms with Gasteiger partial charge >= 0.3 is 0 Å². The molecule has 0 saturated heterocycles. The summed E-state index contributed by atoms with van der Waals surface area (Å²) in [6, 6.07) is 14.6. The number of aromatic nitrogens is 4. The van der Waals surface area contributed by atoms with Crippen LogP contribution < -0.4 is 14.2 Å². The second-order valence-electron chi connectivity index (χ2n) is 6.88. The van der Waals surface area contributed by atoms with Crippen LogP contribution >= 0.6 is 0 Å². The van der Waals surface area contributed by atoms with E-state index in [-0.39, 0.29) is 10.6 Å². The lowest BCUT2D eigenvalue weighted by molar-refractivity contribution is 0.403. The molecule has 32 heavy (non-hydrogen) atoms. The first-order chi connectivity index (χ1) is 15.4. The standard InChI is InChI=1S/C22H21N5O4S/c1-15-16(2)27(14-25-15)21-12-22(24-13-23-21)31-18-10-8-17(9-11-18)26-32(28,29)20-7-5-4-6-19(20)30-3/h4-14,26H,1-3H3. The van der Waals surface area contributed by atoms with E-state index in [4.69, 9.17) is 9.47 Å². The lowest BCUT2D eigenvalue weighted by atomic mass is 10.3. The zero-order valence-corrected chi connectivity index (χ0v) is 18.5. The number of benzene rings is 2. The zero-order chi connectivity index (χ0) is 22.7. The Morgan fingerprint density at radius 1 is 0.969 bits per heavy atom. The highest BCUT2D eigenvalue weighted by Gasteiger charge is 2.19. The number of rotatable bonds is 7. The van der Waals surface area contributed by atoms with Crippen molar-refractivity contribution < 1.29 is 17.9 Å². The fourth-order valence-corrected chi connectivity index (χ4v) is 4.24. The number of nitrogens with one attached hydrogen (secondary N) is 1. The van der Waals surface area contributed by atoms with Crippen molar-refractivity contribution in [2.45, 2.75) is 18.7 Å². The van der Waals surface area contributed by atoms with Crippen LogP contribution in [0, 0.1) is 13.8 Å². The highest BCUT2D eigenvalue weighted by Crippen LogP contribution is 2.27. The topological polar surface area (TPSA) is 108 Å². The second kappa shape index (κ2) is 8.67. The molecule has 0 aliphatic carbocycles. The normalized spacial score (nSPS) is 11.2. The minimum Gasteiger partial charge on any atom is -0.495 e. The predicted molar refractivity (Wildman–Crippen MR) is 119 cm³/mol. The number of ether oxygens (including phenoxy) is 2. The Balaban J connectivity index is 1.50. The Morgan fingerprint density at radius 2 is 1.72 bits per heavy atom. The average molecular weight is 452 g/mol. The van der Waals surface area contributed by atoms with E-state index in [0.29, 0.717) is 23.1 Å². The number of nitrogens with zero attached hydrogens (tertiary/aromatic N) is 4. The summed E-state index contributed by atoms with van der Waals surface area (Å²) < 4.78 is 40.8. The van der Waals surface area contributed by atoms with Crippen molar-refractivity contribution in [3.8, 4) is 23.2 Å². The molecule has 0 atom stereocenters. The minimum absolute atomic E-state index is 0.0568. The van der Waals surface area contributed by atoms with E-state index < -0.39 is 10.0 Å². The first-order valence-corrected chi connectivity index (χ1v) is 11.1. The Hall–Kier alpha value is -3.92. The molecule has 4 rings (SSSR count). The quantitative estimate of drug-likeness (QED) is 0.454. The molecule has 0 spiro atoms. The van der Waals surface area contributed by atoms with Gasteiger partial charge in [0.1, 0.15) is 34.9 Å². The number of sulfonamides is 1. The summed E-state index contributed by atoms with van der Waals surface area (Å²) in [7, 11) is -2.39. The summed E-state index contributed by atoms with van der Waals surface area (Å²) >= 11 is 0. The first-order valence-electron chi connectivity index (χ1n) is 9.64. The van der Waals surface area contributed by atoms with Gasteiger partial charge in [0.2, 0.25) is 5.88 Å². The van der Waals surface area contributed by atoms with Crippen molar-refractivity contribution in [1.29, 1.82) is 0 Å². The maximum Gasteiger partial charge on any atom is 0.265 e. The molecule has 0 aliphatic rings. The lowest BCUT2D eigenvalue weighted by Gasteiger charge is -2.12. The Morgan fingerprint density at radius 3 is 2.41 bits per heavy atom. The smallest absolute Gasteiger partial charge is 0.265 e. The van der Waals surface area contributed by atoms with Gasteiger partial charge < -0.3 is 9.47 Å². The van der Waals surface area contributed by atoms with Gasteiger partial charge in [-0.05, 0) is 50.2 Å². The van der Waals surface area contributed by atoms with Crippen LogP contribution in [0.2, 0.25) is 0 Å². The second-order valence-corrected chi connectivity index (χ2v) is 8.53. The number of aryl methyl sites for hydroxylation is 1. The van der Waals surface area contributed by atoms with Crippen LogP contribution in [0.25, 0.3) is 5.82 Å². The molecule has 10 heteroatoms. The summed E-state index contributed by atoms with van der Waals surface area (Å²) in [5.74, 6) is 1.74.